The van der Waals surface area contributed by atoms with Crippen LogP contribution in [0, 0.1) is 0 Å². The van der Waals surface area contributed by atoms with Crippen LogP contribution >= 0.6 is 23.2 Å². The van der Waals surface area contributed by atoms with Gasteiger partial charge in [-0.15, -0.1) is 0 Å². The molecule has 4 rings (SSSR count). The number of fused-ring (bicyclic) bond motifs is 1. The topological polar surface area (TPSA) is 126 Å². The predicted octanol–water partition coefficient (Wildman–Crippen LogP) is 5.61. The summed E-state index contributed by atoms with van der Waals surface area (Å²) >= 11 is 12.3. The smallest absolute Gasteiger partial charge is 0.435 e. The number of benzene rings is 2. The first-order valence-corrected chi connectivity index (χ1v) is 12.8. The zero-order valence-electron chi connectivity index (χ0n) is 21.1. The fraction of sp³-hybridized carbons (Fsp3) is 0.385. The Labute approximate surface area is 229 Å². The molecule has 3 aromatic rings. The predicted molar refractivity (Wildman–Crippen MR) is 140 cm³/mol. The average Bonchev–Trinajstić information content (AvgIpc) is 3.27. The van der Waals surface area contributed by atoms with Gasteiger partial charge in [0.2, 0.25) is 0 Å². The van der Waals surface area contributed by atoms with Gasteiger partial charge in [-0.3, -0.25) is 5.32 Å². The molecule has 1 aliphatic heterocycles. The number of ether oxygens (including phenoxy) is 2. The van der Waals surface area contributed by atoms with Gasteiger partial charge in [-0.25, -0.2) is 9.59 Å². The van der Waals surface area contributed by atoms with E-state index in [-0.39, 0.29) is 11.6 Å². The normalized spacial score (nSPS) is 16.7. The Bertz CT molecular complexity index is 1370. The summed E-state index contributed by atoms with van der Waals surface area (Å²) < 4.78 is 12.3. The lowest BCUT2D eigenvalue weighted by Gasteiger charge is -2.41. The van der Waals surface area contributed by atoms with Crippen LogP contribution in [0.2, 0.25) is 10.0 Å². The van der Waals surface area contributed by atoms with Crippen LogP contribution in [-0.4, -0.2) is 51.1 Å². The largest absolute Gasteiger partial charge is 0.530 e. The van der Waals surface area contributed by atoms with Crippen LogP contribution in [0.25, 0.3) is 10.9 Å². The molecule has 2 atom stereocenters. The molecule has 1 aromatic heterocycles. The van der Waals surface area contributed by atoms with Gasteiger partial charge in [0.05, 0.1) is 27.8 Å². The first-order valence-electron chi connectivity index (χ1n) is 12.0. The van der Waals surface area contributed by atoms with E-state index in [0.717, 1.165) is 11.1 Å². The second-order valence-electron chi connectivity index (χ2n) is 9.96. The number of carboxylic acid groups (broad SMARTS) is 1. The molecule has 2 amide bonds. The maximum Gasteiger partial charge on any atom is 0.435 e. The first-order chi connectivity index (χ1) is 17.9. The summed E-state index contributed by atoms with van der Waals surface area (Å²) in [6.45, 7) is 5.55. The molecule has 202 valence electrons. The van der Waals surface area contributed by atoms with E-state index in [4.69, 9.17) is 32.7 Å². The molecule has 2 aromatic carbocycles. The summed E-state index contributed by atoms with van der Waals surface area (Å²) in [5.74, 6) is 0. The summed E-state index contributed by atoms with van der Waals surface area (Å²) in [5.41, 5.74) is 0.704. The van der Waals surface area contributed by atoms with Crippen LogP contribution in [0.4, 0.5) is 20.1 Å². The number of likely N-dealkylation sites (tertiary alicyclic amines) is 1. The van der Waals surface area contributed by atoms with Crippen molar-refractivity contribution in [3.63, 3.8) is 0 Å². The number of aromatic nitrogens is 2. The molecule has 1 saturated heterocycles. The average molecular weight is 562 g/mol. The Hall–Kier alpha value is -3.50. The van der Waals surface area contributed by atoms with E-state index < -0.39 is 36.0 Å². The standard InChI is InChI=1S/C26H28Cl2N4O6/c1-26(2,3)38-25(36)32-20-10-8-17(12-16(20)14-29-32)30-23(33)37-22(15-7-9-18(27)19(28)13-15)21-6-4-5-11-31(21)24(34)35/h7-10,12-14,21-22H,4-6,11H2,1-3H3,(H,30,33)(H,34,35)/p-1/t21-,22+/m0/s1. The van der Waals surface area contributed by atoms with Crippen molar-refractivity contribution >= 4 is 58.1 Å². The molecule has 0 unspecified atom stereocenters. The van der Waals surface area contributed by atoms with Gasteiger partial charge in [0.15, 0.2) is 0 Å². The first kappa shape index (κ1) is 27.5. The number of anilines is 1. The minimum Gasteiger partial charge on any atom is -0.530 e. The molecule has 0 radical (unpaired) electrons. The summed E-state index contributed by atoms with van der Waals surface area (Å²) in [6, 6.07) is 8.95. The van der Waals surface area contributed by atoms with Crippen molar-refractivity contribution in [3.05, 3.63) is 58.2 Å². The van der Waals surface area contributed by atoms with Crippen LogP contribution in [-0.2, 0) is 9.47 Å². The van der Waals surface area contributed by atoms with Crippen LogP contribution in [0.1, 0.15) is 51.7 Å². The summed E-state index contributed by atoms with van der Waals surface area (Å²) in [5, 5.41) is 19.7. The molecule has 0 saturated carbocycles. The van der Waals surface area contributed by atoms with Crippen molar-refractivity contribution in [2.75, 3.05) is 11.9 Å². The lowest BCUT2D eigenvalue weighted by Crippen LogP contribution is -2.52. The van der Waals surface area contributed by atoms with Crippen LogP contribution < -0.4 is 10.4 Å². The summed E-state index contributed by atoms with van der Waals surface area (Å²) in [7, 11) is 0. The van der Waals surface area contributed by atoms with Gasteiger partial charge >= 0.3 is 12.2 Å². The zero-order valence-corrected chi connectivity index (χ0v) is 22.6. The molecule has 10 nitrogen and oxygen atoms in total. The third-order valence-corrected chi connectivity index (χ3v) is 6.76. The number of nitrogens with one attached hydrogen (secondary N) is 1. The fourth-order valence-electron chi connectivity index (χ4n) is 4.38. The molecule has 2 heterocycles. The molecule has 0 bridgehead atoms. The van der Waals surface area contributed by atoms with E-state index >= 15 is 0 Å². The molecule has 0 spiro atoms. The minimum absolute atomic E-state index is 0.251. The number of carbonyl (C=O) groups excluding carboxylic acids is 3. The molecular weight excluding hydrogens is 535 g/mol. The summed E-state index contributed by atoms with van der Waals surface area (Å²) in [6.07, 6.45) is -0.323. The monoisotopic (exact) mass is 561 g/mol. The van der Waals surface area contributed by atoms with Gasteiger partial charge in [0.1, 0.15) is 17.8 Å². The number of amides is 2. The Morgan fingerprint density at radius 1 is 1.11 bits per heavy atom. The quantitative estimate of drug-likeness (QED) is 0.438. The Balaban J connectivity index is 1.56. The van der Waals surface area contributed by atoms with Crippen LogP contribution in [0.15, 0.2) is 42.6 Å². The Morgan fingerprint density at radius 2 is 1.87 bits per heavy atom. The number of hydrogen-bond donors (Lipinski definition) is 1. The minimum atomic E-state index is -1.34. The van der Waals surface area contributed by atoms with E-state index in [1.54, 1.807) is 57.2 Å². The van der Waals surface area contributed by atoms with Crippen molar-refractivity contribution in [3.8, 4) is 0 Å². The van der Waals surface area contributed by atoms with Crippen LogP contribution in [0.3, 0.4) is 0 Å². The molecule has 38 heavy (non-hydrogen) atoms. The molecule has 1 aliphatic rings. The lowest BCUT2D eigenvalue weighted by atomic mass is 9.93. The highest BCUT2D eigenvalue weighted by molar-refractivity contribution is 6.42. The number of carbonyl (C=O) groups is 3. The Morgan fingerprint density at radius 3 is 2.55 bits per heavy atom. The maximum atomic E-state index is 13.0. The maximum absolute atomic E-state index is 13.0. The van der Waals surface area contributed by atoms with E-state index in [2.05, 4.69) is 10.4 Å². The van der Waals surface area contributed by atoms with Crippen molar-refractivity contribution in [1.29, 1.82) is 0 Å². The van der Waals surface area contributed by atoms with Gasteiger partial charge in [-0.05, 0) is 75.9 Å². The molecule has 1 fully saturated rings. The number of piperidine rings is 1. The van der Waals surface area contributed by atoms with E-state index in [1.807, 2.05) is 0 Å². The van der Waals surface area contributed by atoms with Crippen molar-refractivity contribution in [2.45, 2.75) is 57.8 Å². The van der Waals surface area contributed by atoms with Gasteiger partial charge in [0.25, 0.3) is 0 Å². The van der Waals surface area contributed by atoms with E-state index in [9.17, 15) is 19.5 Å². The summed E-state index contributed by atoms with van der Waals surface area (Å²) in [4.78, 5) is 38.5. The van der Waals surface area contributed by atoms with Gasteiger partial charge in [-0.2, -0.15) is 9.78 Å². The number of halogens is 2. The van der Waals surface area contributed by atoms with Crippen molar-refractivity contribution in [1.82, 2.24) is 14.7 Å². The SMILES string of the molecule is CC(C)(C)OC(=O)n1ncc2cc(NC(=O)O[C@H](c3ccc(Cl)c(Cl)c3)[C@@H]3CCCCN3C(=O)[O-])ccc21. The Kier molecular flexibility index (Phi) is 8.03. The van der Waals surface area contributed by atoms with E-state index in [0.29, 0.717) is 40.0 Å². The lowest BCUT2D eigenvalue weighted by molar-refractivity contribution is -0.271. The van der Waals surface area contributed by atoms with E-state index in [1.165, 1.54) is 11.1 Å². The zero-order chi connectivity index (χ0) is 27.6. The molecule has 0 aliphatic carbocycles. The number of hydrogen-bond acceptors (Lipinski definition) is 7. The van der Waals surface area contributed by atoms with Crippen molar-refractivity contribution < 1.29 is 29.0 Å². The fourth-order valence-corrected chi connectivity index (χ4v) is 4.69. The number of rotatable bonds is 4. The second-order valence-corrected chi connectivity index (χ2v) is 10.8. The van der Waals surface area contributed by atoms with Gasteiger partial charge in [-0.1, -0.05) is 29.3 Å². The highest BCUT2D eigenvalue weighted by atomic mass is 35.5. The third kappa shape index (κ3) is 6.31. The number of nitrogens with zero attached hydrogens (tertiary/aromatic N) is 3. The van der Waals surface area contributed by atoms with Gasteiger partial charge in [0, 0.05) is 17.6 Å². The highest BCUT2D eigenvalue weighted by Crippen LogP contribution is 2.35. The molecule has 12 heteroatoms. The van der Waals surface area contributed by atoms with Gasteiger partial charge < -0.3 is 24.3 Å². The molecule has 1 N–H and O–H groups in total. The van der Waals surface area contributed by atoms with Crippen molar-refractivity contribution in [2.24, 2.45) is 0 Å². The third-order valence-electron chi connectivity index (χ3n) is 6.02. The molecular formula is C26H27Cl2N4O6-. The second kappa shape index (κ2) is 11.1. The van der Waals surface area contributed by atoms with Crippen LogP contribution in [0.5, 0.6) is 0 Å². The highest BCUT2D eigenvalue weighted by Gasteiger charge is 2.34.